The maximum Gasteiger partial charge on any atom is 0.498 e. The molecule has 2 aromatic heterocycles. The summed E-state index contributed by atoms with van der Waals surface area (Å²) in [6.45, 7) is 22.0. The Kier molecular flexibility index (Phi) is 14.5. The molecule has 0 spiro atoms. The van der Waals surface area contributed by atoms with Gasteiger partial charge in [-0.2, -0.15) is 36.5 Å². The van der Waals surface area contributed by atoms with Crippen LogP contribution in [0.25, 0.3) is 33.4 Å². The molecule has 6 aromatic rings. The fraction of sp³-hybridized carbons (Fsp3) is 0.407. The molecule has 0 bridgehead atoms. The molecule has 4 aromatic carbocycles. The number of hydrogen-bond donors (Lipinski definition) is 2. The summed E-state index contributed by atoms with van der Waals surface area (Å²) < 4.78 is 108. The van der Waals surface area contributed by atoms with Gasteiger partial charge in [-0.3, -0.25) is 19.0 Å². The van der Waals surface area contributed by atoms with Gasteiger partial charge >= 0.3 is 31.4 Å². The van der Waals surface area contributed by atoms with Crippen molar-refractivity contribution < 1.29 is 64.9 Å². The van der Waals surface area contributed by atoms with Gasteiger partial charge in [-0.25, -0.2) is 0 Å². The van der Waals surface area contributed by atoms with Crippen molar-refractivity contribution in [3.05, 3.63) is 136 Å². The third kappa shape index (κ3) is 10.8. The van der Waals surface area contributed by atoms with Gasteiger partial charge in [0.05, 0.1) is 17.4 Å². The Morgan fingerprint density at radius 3 is 1.51 bits per heavy atom. The quantitative estimate of drug-likeness (QED) is 0.0939. The van der Waals surface area contributed by atoms with Crippen molar-refractivity contribution >= 4 is 36.1 Å². The van der Waals surface area contributed by atoms with Crippen molar-refractivity contribution in [1.29, 1.82) is 0 Å². The highest BCUT2D eigenvalue weighted by molar-refractivity contribution is 6.62. The van der Waals surface area contributed by atoms with Crippen molar-refractivity contribution in [2.24, 2.45) is 0 Å². The van der Waals surface area contributed by atoms with E-state index in [-0.39, 0.29) is 51.9 Å². The van der Waals surface area contributed by atoms with Crippen molar-refractivity contribution in [1.82, 2.24) is 19.6 Å². The Bertz CT molecular complexity index is 3100. The second kappa shape index (κ2) is 19.3. The van der Waals surface area contributed by atoms with Crippen molar-refractivity contribution in [2.75, 3.05) is 0 Å². The predicted octanol–water partition coefficient (Wildman–Crippen LogP) is 10.9. The minimum Gasteiger partial charge on any atom is -0.459 e. The number of carbonyl (C=O) groups is 2. The zero-order valence-electron chi connectivity index (χ0n) is 43.0. The van der Waals surface area contributed by atoms with Gasteiger partial charge in [-0.05, 0) is 117 Å². The molecule has 0 unspecified atom stereocenters. The lowest BCUT2D eigenvalue weighted by Crippen LogP contribution is -2.41. The molecule has 2 aliphatic carbocycles. The molecule has 1 saturated heterocycles. The van der Waals surface area contributed by atoms with Crippen LogP contribution in [0.4, 0.5) is 26.3 Å². The van der Waals surface area contributed by atoms with Crippen LogP contribution in [0.2, 0.25) is 5.02 Å². The Morgan fingerprint density at radius 2 is 1.04 bits per heavy atom. The van der Waals surface area contributed by atoms with Gasteiger partial charge in [0.1, 0.15) is 24.3 Å². The number of halogens is 7. The lowest BCUT2D eigenvalue weighted by molar-refractivity contribution is -0.247. The molecule has 0 radical (unpaired) electrons. The van der Waals surface area contributed by atoms with E-state index in [1.807, 2.05) is 48.5 Å². The lowest BCUT2D eigenvalue weighted by Gasteiger charge is -2.32. The Balaban J connectivity index is 0.000000168. The normalized spacial score (nSPS) is 19.3. The number of carbonyl (C=O) groups excluding carboxylic acids is 2. The summed E-state index contributed by atoms with van der Waals surface area (Å²) in [6, 6.07) is 18.0. The molecule has 2 N–H and O–H groups in total. The van der Waals surface area contributed by atoms with Gasteiger partial charge in [0.2, 0.25) is 11.2 Å². The average Bonchev–Trinajstić information content (AvgIpc) is 4.06. The highest BCUT2D eigenvalue weighted by Gasteiger charge is 2.62. The average molecular weight is 1050 g/mol. The fourth-order valence-corrected chi connectivity index (χ4v) is 9.37. The number of esters is 2. The van der Waals surface area contributed by atoms with E-state index in [2.05, 4.69) is 10.2 Å². The zero-order valence-corrected chi connectivity index (χ0v) is 43.8. The molecule has 20 heteroatoms. The number of hydrogen-bond acceptors (Lipinski definition) is 10. The van der Waals surface area contributed by atoms with E-state index in [1.165, 1.54) is 52.0 Å². The molecule has 3 heterocycles. The molecule has 3 aliphatic rings. The number of nitrogens with zero attached hydrogens (tertiary/aromatic N) is 4. The van der Waals surface area contributed by atoms with Gasteiger partial charge in [-0.1, -0.05) is 83.9 Å². The Hall–Kier alpha value is -5.99. The highest BCUT2D eigenvalue weighted by Crippen LogP contribution is 2.58. The highest BCUT2D eigenvalue weighted by atomic mass is 35.5. The zero-order chi connectivity index (χ0) is 54.9. The van der Waals surface area contributed by atoms with Crippen molar-refractivity contribution in [3.63, 3.8) is 0 Å². The number of aryl methyl sites for hydroxylation is 2. The minimum absolute atomic E-state index is 0.0662. The molecule has 2 atom stereocenters. The van der Waals surface area contributed by atoms with E-state index in [9.17, 15) is 46.1 Å². The Morgan fingerprint density at radius 1 is 0.622 bits per heavy atom. The summed E-state index contributed by atoms with van der Waals surface area (Å²) in [5.74, 6) is -0.797. The van der Waals surface area contributed by atoms with Crippen LogP contribution in [0.1, 0.15) is 103 Å². The molecule has 1 aliphatic heterocycles. The second-order valence-corrected chi connectivity index (χ2v) is 22.0. The van der Waals surface area contributed by atoms with Crippen LogP contribution < -0.4 is 5.46 Å². The topological polar surface area (TPSA) is 147 Å². The van der Waals surface area contributed by atoms with E-state index in [4.69, 9.17) is 30.4 Å². The summed E-state index contributed by atoms with van der Waals surface area (Å²) in [6.07, 6.45) is -3.22. The number of alkyl halides is 6. The van der Waals surface area contributed by atoms with Crippen LogP contribution >= 0.6 is 11.6 Å². The summed E-state index contributed by atoms with van der Waals surface area (Å²) in [7, 11) is -0.475. The molecular weight excluding hydrogens is 993 g/mol. The minimum atomic E-state index is -4.90. The number of aliphatic hydroxyl groups is 2. The van der Waals surface area contributed by atoms with Crippen molar-refractivity contribution in [2.45, 2.75) is 142 Å². The second-order valence-electron chi connectivity index (χ2n) is 21.6. The predicted molar refractivity (Wildman–Crippen MR) is 267 cm³/mol. The number of fused-ring (bicyclic) bond motifs is 6. The third-order valence-corrected chi connectivity index (χ3v) is 13.1. The van der Waals surface area contributed by atoms with Crippen LogP contribution in [0.3, 0.4) is 0 Å². The number of rotatable bonds is 6. The van der Waals surface area contributed by atoms with Gasteiger partial charge in [0.25, 0.3) is 0 Å². The molecule has 1 fully saturated rings. The fourth-order valence-electron chi connectivity index (χ4n) is 8.99. The van der Waals surface area contributed by atoms with Crippen LogP contribution in [0, 0.1) is 13.8 Å². The third-order valence-electron chi connectivity index (χ3n) is 12.8. The molecule has 12 nitrogen and oxygen atoms in total. The first-order valence-corrected chi connectivity index (χ1v) is 23.9. The Labute approximate surface area is 430 Å². The van der Waals surface area contributed by atoms with Crippen LogP contribution in [0.5, 0.6) is 0 Å². The van der Waals surface area contributed by atoms with E-state index in [0.717, 1.165) is 5.46 Å². The van der Waals surface area contributed by atoms with E-state index in [0.29, 0.717) is 38.9 Å². The molecule has 0 saturated carbocycles. The molecule has 0 amide bonds. The maximum absolute atomic E-state index is 14.1. The van der Waals surface area contributed by atoms with Crippen LogP contribution in [-0.2, 0) is 52.7 Å². The first kappa shape index (κ1) is 55.8. The summed E-state index contributed by atoms with van der Waals surface area (Å²) in [4.78, 5) is 24.0. The van der Waals surface area contributed by atoms with Gasteiger partial charge in [-0.15, -0.1) is 0 Å². The number of benzene rings is 4. The summed E-state index contributed by atoms with van der Waals surface area (Å²) in [5.41, 5.74) is -4.65. The van der Waals surface area contributed by atoms with Gasteiger partial charge < -0.3 is 29.0 Å². The molecule has 9 rings (SSSR count). The SMILES string of the molecule is CC(C)(C)OC(=O)Cn1cc(B2OC(C)(C)C(C)(C)O2)cn1.Cc1cc(-c2cnn(CC(=O)OC(C)(C)C)c2)c2c(c1)[C@@](O)(C(F)(F)F)c1ccccc1-2.Cc1cc(Cl)c2c(c1)[C@@](O)(C(F)(F)F)c1ccccc1-2. The van der Waals surface area contributed by atoms with E-state index in [1.54, 1.807) is 89.6 Å². The molecular formula is C54H58BClF6N4O8. The first-order chi connectivity index (χ1) is 34.0. The lowest BCUT2D eigenvalue weighted by atomic mass is 9.82. The van der Waals surface area contributed by atoms with E-state index < -0.39 is 59.0 Å². The van der Waals surface area contributed by atoms with Gasteiger partial charge in [0, 0.05) is 62.5 Å². The van der Waals surface area contributed by atoms with E-state index >= 15 is 0 Å². The standard InChI is InChI=1S/C24H23F3N2O3.C15H25BN2O4.C15H10ClF3O/c1-14-9-17(15-11-28-29(12-15)13-20(30)32-22(2,3)4)21-16-7-5-6-8-18(16)23(31,19(21)10-14)24(25,26)27;1-13(2,3)20-12(19)10-18-9-11(8-17-18)16-21-14(4,5)15(6,7)22-16;1-8-6-11-13(12(16)7-8)9-4-2-3-5-10(9)14(11,20)15(17,18)19/h5-12,31H,13H2,1-4H3;8-9H,10H2,1-7H3;2-7,20H,1H3/t23-;;14-/m1.1/s1. The monoisotopic (exact) mass is 1050 g/mol. The maximum atomic E-state index is 14.1. The van der Waals surface area contributed by atoms with Crippen molar-refractivity contribution in [3.8, 4) is 33.4 Å². The van der Waals surface area contributed by atoms with Crippen LogP contribution in [-0.4, -0.2) is 83.6 Å². The first-order valence-electron chi connectivity index (χ1n) is 23.6. The number of aromatic nitrogens is 4. The smallest absolute Gasteiger partial charge is 0.459 e. The number of ether oxygens (including phenoxy) is 2. The van der Waals surface area contributed by atoms with Crippen LogP contribution in [0.15, 0.2) is 97.6 Å². The largest absolute Gasteiger partial charge is 0.498 e. The summed E-state index contributed by atoms with van der Waals surface area (Å²) >= 11 is 6.10. The molecule has 394 valence electrons. The summed E-state index contributed by atoms with van der Waals surface area (Å²) in [5, 5.41) is 29.9. The molecule has 74 heavy (non-hydrogen) atoms. The van der Waals surface area contributed by atoms with Gasteiger partial charge in [0.15, 0.2) is 0 Å².